The Morgan fingerprint density at radius 1 is 0.753 bits per heavy atom. The number of rotatable bonds is 23. The number of fused-ring (bicyclic) bond motifs is 2. The van der Waals surface area contributed by atoms with Crippen LogP contribution in [0.2, 0.25) is 12.6 Å². The quantitative estimate of drug-likeness (QED) is 0.0276. The highest BCUT2D eigenvalue weighted by molar-refractivity contribution is 7.45. The molecule has 81 heavy (non-hydrogen) atoms. The van der Waals surface area contributed by atoms with E-state index < -0.39 is 52.6 Å². The van der Waals surface area contributed by atoms with Crippen LogP contribution in [-0.2, 0) is 33.7 Å². The van der Waals surface area contributed by atoms with Crippen LogP contribution in [0.3, 0.4) is 0 Å². The van der Waals surface area contributed by atoms with Crippen LogP contribution in [0.5, 0.6) is 23.1 Å². The average molecular weight is 1130 g/mol. The van der Waals surface area contributed by atoms with Gasteiger partial charge in [-0.3, -0.25) is 14.7 Å². The van der Waals surface area contributed by atoms with Gasteiger partial charge in [-0.05, 0) is 72.0 Å². The van der Waals surface area contributed by atoms with Crippen LogP contribution in [0.15, 0.2) is 176 Å². The van der Waals surface area contributed by atoms with Gasteiger partial charge in [0.2, 0.25) is 11.8 Å². The summed E-state index contributed by atoms with van der Waals surface area (Å²) >= 11 is 0. The van der Waals surface area contributed by atoms with Crippen molar-refractivity contribution in [2.75, 3.05) is 53.0 Å². The van der Waals surface area contributed by atoms with Gasteiger partial charge in [0, 0.05) is 19.7 Å². The van der Waals surface area contributed by atoms with Crippen LogP contribution in [-0.4, -0.2) is 116 Å². The van der Waals surface area contributed by atoms with Crippen molar-refractivity contribution >= 4 is 50.0 Å². The standard InChI is InChI=1S/C62H64N7O10PSi/c1-71-46-32-28-44(29-33-46)62(43-19-9-5-10-20-43,45-30-34-47(72-2)35-31-45)76-39-52-56(79-80-69-37-17-27-51(69)53(78-80)41-81(4,49-23-13-7-14-24-49)50-25-15-8-16-26-50)57(73-3)60(77-52)68-42-64-55-58(68)66-61(67-59(55)74-38-18-36-63)65-54(70)40-75-48-21-11-6-12-22-48/h5-16,19-26,28-35,42,51-53,56-57,60H,17-18,27,37-41H2,1-4H3,(H,65,66,67,70)/t51-,52+,53+,56-,57?,60+,80+/m0/s1. The van der Waals surface area contributed by atoms with Crippen molar-refractivity contribution in [2.24, 2.45) is 0 Å². The summed E-state index contributed by atoms with van der Waals surface area (Å²) in [5.41, 5.74) is 1.90. The van der Waals surface area contributed by atoms with E-state index in [1.165, 1.54) is 10.4 Å². The van der Waals surface area contributed by atoms with E-state index in [-0.39, 0.29) is 61.4 Å². The molecule has 0 radical (unpaired) electrons. The zero-order chi connectivity index (χ0) is 55.8. The van der Waals surface area contributed by atoms with Gasteiger partial charge in [0.25, 0.3) is 14.4 Å². The number of aromatic nitrogens is 4. The second-order valence-electron chi connectivity index (χ2n) is 20.3. The van der Waals surface area contributed by atoms with Crippen molar-refractivity contribution in [3.63, 3.8) is 0 Å². The molecule has 6 aromatic carbocycles. The molecule has 1 unspecified atom stereocenters. The summed E-state index contributed by atoms with van der Waals surface area (Å²) in [7, 11) is 0.885. The van der Waals surface area contributed by atoms with Crippen LogP contribution in [0.4, 0.5) is 5.95 Å². The van der Waals surface area contributed by atoms with E-state index in [2.05, 4.69) is 100 Å². The summed E-state index contributed by atoms with van der Waals surface area (Å²) in [6.45, 7) is 2.96. The van der Waals surface area contributed by atoms with E-state index in [1.807, 2.05) is 84.9 Å². The molecule has 0 spiro atoms. The van der Waals surface area contributed by atoms with Crippen molar-refractivity contribution in [1.29, 1.82) is 5.26 Å². The monoisotopic (exact) mass is 1130 g/mol. The summed E-state index contributed by atoms with van der Waals surface area (Å²) in [6.07, 6.45) is 0.197. The zero-order valence-electron chi connectivity index (χ0n) is 45.6. The number of benzene rings is 6. The number of para-hydroxylation sites is 1. The fourth-order valence-corrected chi connectivity index (χ4v) is 17.3. The lowest BCUT2D eigenvalue weighted by atomic mass is 9.80. The highest BCUT2D eigenvalue weighted by Crippen LogP contribution is 2.59. The van der Waals surface area contributed by atoms with Crippen molar-refractivity contribution < 1.29 is 47.0 Å². The molecule has 0 saturated carbocycles. The summed E-state index contributed by atoms with van der Waals surface area (Å²) in [4.78, 5) is 27.6. The molecular weight excluding hydrogens is 1060 g/mol. The number of hydrogen-bond acceptors (Lipinski definition) is 15. The van der Waals surface area contributed by atoms with Gasteiger partial charge in [0.1, 0.15) is 55.8 Å². The third-order valence-electron chi connectivity index (χ3n) is 15.5. The number of carbonyl (C=O) groups excluding carboxylic acids is 1. The van der Waals surface area contributed by atoms with Gasteiger partial charge in [-0.1, -0.05) is 150 Å². The first kappa shape index (κ1) is 55.3. The van der Waals surface area contributed by atoms with E-state index in [0.717, 1.165) is 42.1 Å². The summed E-state index contributed by atoms with van der Waals surface area (Å²) in [5, 5.41) is 14.9. The molecule has 0 aliphatic carbocycles. The zero-order valence-corrected chi connectivity index (χ0v) is 47.5. The minimum absolute atomic E-state index is 0.0101. The molecule has 0 bridgehead atoms. The topological polar surface area (TPSA) is 183 Å². The Morgan fingerprint density at radius 2 is 1.36 bits per heavy atom. The normalized spacial score (nSPS) is 20.9. The number of anilines is 1. The largest absolute Gasteiger partial charge is 0.497 e. The minimum atomic E-state index is -2.37. The van der Waals surface area contributed by atoms with Crippen LogP contribution in [0, 0.1) is 11.3 Å². The SMILES string of the molecule is COc1ccc(C(OC[C@H]2O[C@@H](n3cnc4c(OCCC#N)nc(NC(=O)COc5ccccc5)nc43)C(OC)[C@H]2O[P@@]2O[C@H](C[Si](C)(c3ccccc3)c3ccccc3)[C@@H]3CCCN32)(c2ccccc2)c2ccc(OC)cc2)cc1. The Morgan fingerprint density at radius 3 is 1.96 bits per heavy atom. The van der Waals surface area contributed by atoms with Gasteiger partial charge in [0.05, 0.1) is 45.7 Å². The van der Waals surface area contributed by atoms with Crippen molar-refractivity contribution in [2.45, 2.75) is 74.1 Å². The third kappa shape index (κ3) is 11.5. The maximum atomic E-state index is 13.4. The van der Waals surface area contributed by atoms with Gasteiger partial charge in [-0.25, -0.2) is 9.65 Å². The molecule has 3 aliphatic heterocycles. The first-order valence-electron chi connectivity index (χ1n) is 27.1. The number of ether oxygens (including phenoxy) is 7. The molecule has 8 aromatic rings. The van der Waals surface area contributed by atoms with Crippen molar-refractivity contribution in [1.82, 2.24) is 24.2 Å². The van der Waals surface area contributed by atoms with E-state index in [0.29, 0.717) is 17.2 Å². The molecule has 3 saturated heterocycles. The van der Waals surface area contributed by atoms with E-state index >= 15 is 0 Å². The molecule has 3 aliphatic rings. The maximum absolute atomic E-state index is 13.4. The number of amides is 1. The van der Waals surface area contributed by atoms with Crippen LogP contribution in [0.1, 0.15) is 42.2 Å². The van der Waals surface area contributed by atoms with Crippen LogP contribution >= 0.6 is 8.53 Å². The summed E-state index contributed by atoms with van der Waals surface area (Å²) < 4.78 is 63.6. The summed E-state index contributed by atoms with van der Waals surface area (Å²) in [5.74, 6) is 1.40. The van der Waals surface area contributed by atoms with Crippen molar-refractivity contribution in [3.05, 3.63) is 193 Å². The average Bonchev–Trinajstić information content (AvgIpc) is 4.34. The second kappa shape index (κ2) is 25.1. The van der Waals surface area contributed by atoms with E-state index in [4.69, 9.17) is 52.2 Å². The van der Waals surface area contributed by atoms with E-state index in [9.17, 15) is 10.1 Å². The molecule has 2 aromatic heterocycles. The number of methoxy groups -OCH3 is 3. The molecule has 1 N–H and O–H groups in total. The number of nitrogens with one attached hydrogen (secondary N) is 1. The highest BCUT2D eigenvalue weighted by Gasteiger charge is 2.55. The molecule has 17 nitrogen and oxygen atoms in total. The van der Waals surface area contributed by atoms with Crippen LogP contribution in [0.25, 0.3) is 11.2 Å². The van der Waals surface area contributed by atoms with Gasteiger partial charge in [-0.15, -0.1) is 0 Å². The Hall–Kier alpha value is -7.56. The molecule has 19 heteroatoms. The second-order valence-corrected chi connectivity index (χ2v) is 25.9. The fraction of sp³-hybridized carbons (Fsp3) is 0.306. The highest BCUT2D eigenvalue weighted by atomic mass is 31.2. The first-order valence-corrected chi connectivity index (χ1v) is 31.0. The van der Waals surface area contributed by atoms with Crippen molar-refractivity contribution in [3.8, 4) is 29.2 Å². The molecular formula is C62H64N7O10PSi. The number of nitrogens with zero attached hydrogens (tertiary/aromatic N) is 6. The molecule has 416 valence electrons. The number of hydrogen-bond donors (Lipinski definition) is 1. The Labute approximate surface area is 473 Å². The smallest absolute Gasteiger partial charge is 0.264 e. The predicted octanol–water partition coefficient (Wildman–Crippen LogP) is 9.44. The minimum Gasteiger partial charge on any atom is -0.497 e. The Balaban J connectivity index is 0.982. The number of imidazole rings is 1. The third-order valence-corrected chi connectivity index (χ3v) is 21.7. The van der Waals surface area contributed by atoms with Gasteiger partial charge in [-0.2, -0.15) is 15.2 Å². The fourth-order valence-electron chi connectivity index (χ4n) is 11.4. The molecule has 5 heterocycles. The molecule has 1 amide bonds. The van der Waals surface area contributed by atoms with Gasteiger partial charge >= 0.3 is 0 Å². The van der Waals surface area contributed by atoms with E-state index in [1.54, 1.807) is 44.4 Å². The first-order chi connectivity index (χ1) is 39.7. The molecule has 7 atom stereocenters. The molecule has 11 rings (SSSR count). The molecule has 3 fully saturated rings. The lowest BCUT2D eigenvalue weighted by Crippen LogP contribution is -2.58. The Bertz CT molecular complexity index is 3320. The predicted molar refractivity (Wildman–Crippen MR) is 310 cm³/mol. The number of nitriles is 1. The number of carbonyl (C=O) groups is 1. The maximum Gasteiger partial charge on any atom is 0.264 e. The lowest BCUT2D eigenvalue weighted by Gasteiger charge is -2.37. The Kier molecular flexibility index (Phi) is 17.1. The van der Waals surface area contributed by atoms with Gasteiger partial charge in [0.15, 0.2) is 24.0 Å². The summed E-state index contributed by atoms with van der Waals surface area (Å²) in [6, 6.07) is 59.7. The lowest BCUT2D eigenvalue weighted by molar-refractivity contribution is -0.118. The van der Waals surface area contributed by atoms with Crippen LogP contribution < -0.4 is 34.6 Å². The van der Waals surface area contributed by atoms with Gasteiger partial charge < -0.3 is 42.2 Å².